The number of aromatic nitrogens is 2. The smallest absolute Gasteiger partial charge is 0.160 e. The van der Waals surface area contributed by atoms with E-state index in [2.05, 4.69) is 176 Å². The monoisotopic (exact) mass is 666 g/mol. The molecule has 0 N–H and O–H groups in total. The zero-order valence-electron chi connectivity index (χ0n) is 27.6. The van der Waals surface area contributed by atoms with E-state index in [4.69, 9.17) is 9.97 Å². The van der Waals surface area contributed by atoms with E-state index in [1.165, 1.54) is 47.6 Å². The average molecular weight is 667 g/mol. The maximum atomic E-state index is 5.29. The largest absolute Gasteiger partial charge is 0.228 e. The van der Waals surface area contributed by atoms with Crippen molar-refractivity contribution < 1.29 is 0 Å². The zero-order chi connectivity index (χ0) is 33.7. The van der Waals surface area contributed by atoms with Crippen LogP contribution in [0.4, 0.5) is 0 Å². The van der Waals surface area contributed by atoms with Crippen molar-refractivity contribution in [3.05, 3.63) is 182 Å². The van der Waals surface area contributed by atoms with Crippen LogP contribution in [0.1, 0.15) is 0 Å². The van der Waals surface area contributed by atoms with Crippen LogP contribution in [0, 0.1) is 0 Å². The van der Waals surface area contributed by atoms with Crippen molar-refractivity contribution in [2.24, 2.45) is 0 Å². The number of hydrogen-bond donors (Lipinski definition) is 0. The first kappa shape index (κ1) is 29.5. The summed E-state index contributed by atoms with van der Waals surface area (Å²) < 4.78 is 2.62. The summed E-state index contributed by atoms with van der Waals surface area (Å²) in [6.45, 7) is 0. The average Bonchev–Trinajstić information content (AvgIpc) is 3.60. The van der Waals surface area contributed by atoms with Crippen LogP contribution >= 0.6 is 11.3 Å². The number of fused-ring (bicyclic) bond motifs is 5. The predicted molar refractivity (Wildman–Crippen MR) is 217 cm³/mol. The van der Waals surface area contributed by atoms with Gasteiger partial charge in [0.15, 0.2) is 5.82 Å². The number of hydrogen-bond acceptors (Lipinski definition) is 3. The Morgan fingerprint density at radius 1 is 0.333 bits per heavy atom. The van der Waals surface area contributed by atoms with Crippen molar-refractivity contribution in [1.29, 1.82) is 0 Å². The molecule has 8 aromatic carbocycles. The molecule has 10 aromatic rings. The van der Waals surface area contributed by atoms with Gasteiger partial charge in [-0.2, -0.15) is 0 Å². The highest BCUT2D eigenvalue weighted by Crippen LogP contribution is 2.44. The van der Waals surface area contributed by atoms with Crippen LogP contribution in [0.15, 0.2) is 182 Å². The van der Waals surface area contributed by atoms with E-state index >= 15 is 0 Å². The summed E-state index contributed by atoms with van der Waals surface area (Å²) in [6, 6.07) is 65.0. The SMILES string of the molecule is c1ccc(-c2cc(-c3cc(-c4ccc(-c5cccc6sc7ccccc7c56)c5ccccc45)nc(-c4ccccc4)n3)c3ccccc3c2)cc1. The Hall–Kier alpha value is -6.42. The van der Waals surface area contributed by atoms with E-state index in [1.54, 1.807) is 0 Å². The Kier molecular flexibility index (Phi) is 7.04. The van der Waals surface area contributed by atoms with Gasteiger partial charge in [0.2, 0.25) is 0 Å². The second-order valence-electron chi connectivity index (χ2n) is 12.9. The first-order chi connectivity index (χ1) is 25.3. The van der Waals surface area contributed by atoms with Crippen LogP contribution in [0.25, 0.3) is 97.9 Å². The summed E-state index contributed by atoms with van der Waals surface area (Å²) in [5.74, 6) is 0.708. The lowest BCUT2D eigenvalue weighted by molar-refractivity contribution is 1.19. The third kappa shape index (κ3) is 5.10. The topological polar surface area (TPSA) is 25.8 Å². The number of rotatable bonds is 5. The van der Waals surface area contributed by atoms with E-state index in [0.717, 1.165) is 44.4 Å². The van der Waals surface area contributed by atoms with Crippen LogP contribution in [0.3, 0.4) is 0 Å². The lowest BCUT2D eigenvalue weighted by Crippen LogP contribution is -1.97. The summed E-state index contributed by atoms with van der Waals surface area (Å²) in [7, 11) is 0. The zero-order valence-corrected chi connectivity index (χ0v) is 28.4. The van der Waals surface area contributed by atoms with Crippen LogP contribution in [-0.2, 0) is 0 Å². The summed E-state index contributed by atoms with van der Waals surface area (Å²) in [5.41, 5.74) is 9.78. The van der Waals surface area contributed by atoms with E-state index in [0.29, 0.717) is 5.82 Å². The molecule has 10 rings (SSSR count). The minimum Gasteiger partial charge on any atom is -0.228 e. The van der Waals surface area contributed by atoms with E-state index in [-0.39, 0.29) is 0 Å². The molecule has 0 bridgehead atoms. The maximum absolute atomic E-state index is 5.29. The number of nitrogens with zero attached hydrogens (tertiary/aromatic N) is 2. The Labute approximate surface area is 300 Å². The first-order valence-corrected chi connectivity index (χ1v) is 18.1. The highest BCUT2D eigenvalue weighted by molar-refractivity contribution is 7.25. The van der Waals surface area contributed by atoms with Gasteiger partial charge in [-0.1, -0.05) is 152 Å². The van der Waals surface area contributed by atoms with Gasteiger partial charge >= 0.3 is 0 Å². The summed E-state index contributed by atoms with van der Waals surface area (Å²) in [4.78, 5) is 10.6. The second kappa shape index (κ2) is 12.2. The molecular weight excluding hydrogens is 637 g/mol. The molecule has 0 radical (unpaired) electrons. The fraction of sp³-hybridized carbons (Fsp3) is 0. The quantitative estimate of drug-likeness (QED) is 0.183. The molecule has 0 amide bonds. The lowest BCUT2D eigenvalue weighted by atomic mass is 9.91. The van der Waals surface area contributed by atoms with Crippen LogP contribution in [0.5, 0.6) is 0 Å². The molecule has 0 saturated heterocycles. The Morgan fingerprint density at radius 2 is 0.922 bits per heavy atom. The molecule has 0 saturated carbocycles. The van der Waals surface area contributed by atoms with Gasteiger partial charge in [-0.25, -0.2) is 9.97 Å². The Bertz CT molecular complexity index is 2910. The van der Waals surface area contributed by atoms with Gasteiger partial charge in [0, 0.05) is 36.9 Å². The normalized spacial score (nSPS) is 11.5. The fourth-order valence-corrected chi connectivity index (χ4v) is 8.65. The van der Waals surface area contributed by atoms with Crippen molar-refractivity contribution in [3.8, 4) is 56.2 Å². The maximum Gasteiger partial charge on any atom is 0.160 e. The molecule has 0 unspecified atom stereocenters. The summed E-state index contributed by atoms with van der Waals surface area (Å²) in [5, 5.41) is 7.34. The molecule has 0 fully saturated rings. The molecule has 2 aromatic heterocycles. The molecule has 3 heteroatoms. The summed E-state index contributed by atoms with van der Waals surface area (Å²) in [6.07, 6.45) is 0. The highest BCUT2D eigenvalue weighted by Gasteiger charge is 2.18. The summed E-state index contributed by atoms with van der Waals surface area (Å²) >= 11 is 1.86. The van der Waals surface area contributed by atoms with Gasteiger partial charge in [-0.3, -0.25) is 0 Å². The van der Waals surface area contributed by atoms with E-state index < -0.39 is 0 Å². The molecule has 0 atom stereocenters. The fourth-order valence-electron chi connectivity index (χ4n) is 7.52. The molecule has 0 spiro atoms. The highest BCUT2D eigenvalue weighted by atomic mass is 32.1. The Morgan fingerprint density at radius 3 is 1.71 bits per heavy atom. The van der Waals surface area contributed by atoms with Gasteiger partial charge in [-0.15, -0.1) is 11.3 Å². The Balaban J connectivity index is 1.22. The lowest BCUT2D eigenvalue weighted by Gasteiger charge is -2.16. The third-order valence-corrected chi connectivity index (χ3v) is 11.0. The number of benzene rings is 8. The third-order valence-electron chi connectivity index (χ3n) is 9.90. The van der Waals surface area contributed by atoms with Gasteiger partial charge in [0.1, 0.15) is 0 Å². The van der Waals surface area contributed by atoms with Crippen molar-refractivity contribution in [2.75, 3.05) is 0 Å². The standard InChI is InChI=1S/C48H30N2S/c1-3-14-31(15-4-1)34-28-33-18-7-8-19-35(33)42(29-34)44-30-43(49-48(50-44)32-16-5-2-6-17-32)39-27-26-38(36-20-9-10-21-37(36)39)40-23-13-25-46-47(40)41-22-11-12-24-45(41)51-46/h1-30H. The van der Waals surface area contributed by atoms with E-state index in [1.807, 2.05) is 17.4 Å². The van der Waals surface area contributed by atoms with Crippen LogP contribution in [-0.4, -0.2) is 9.97 Å². The van der Waals surface area contributed by atoms with Crippen molar-refractivity contribution >= 4 is 53.1 Å². The molecule has 2 heterocycles. The van der Waals surface area contributed by atoms with Crippen molar-refractivity contribution in [3.63, 3.8) is 0 Å². The number of thiophene rings is 1. The minimum atomic E-state index is 0.708. The predicted octanol–water partition coefficient (Wildman–Crippen LogP) is 13.5. The molecule has 238 valence electrons. The minimum absolute atomic E-state index is 0.708. The van der Waals surface area contributed by atoms with Gasteiger partial charge < -0.3 is 0 Å². The van der Waals surface area contributed by atoms with Crippen molar-refractivity contribution in [1.82, 2.24) is 9.97 Å². The van der Waals surface area contributed by atoms with E-state index in [9.17, 15) is 0 Å². The van der Waals surface area contributed by atoms with Gasteiger partial charge in [0.05, 0.1) is 11.4 Å². The van der Waals surface area contributed by atoms with Crippen LogP contribution in [0.2, 0.25) is 0 Å². The molecule has 2 nitrogen and oxygen atoms in total. The molecule has 0 aliphatic carbocycles. The van der Waals surface area contributed by atoms with Gasteiger partial charge in [-0.05, 0) is 74.1 Å². The molecular formula is C48H30N2S. The van der Waals surface area contributed by atoms with Crippen LogP contribution < -0.4 is 0 Å². The second-order valence-corrected chi connectivity index (χ2v) is 14.0. The first-order valence-electron chi connectivity index (χ1n) is 17.2. The van der Waals surface area contributed by atoms with Crippen molar-refractivity contribution in [2.45, 2.75) is 0 Å². The molecule has 0 aliphatic rings. The molecule has 51 heavy (non-hydrogen) atoms. The molecule has 0 aliphatic heterocycles. The van der Waals surface area contributed by atoms with Gasteiger partial charge in [0.25, 0.3) is 0 Å².